The quantitative estimate of drug-likeness (QED) is 0.414. The van der Waals surface area contributed by atoms with Crippen LogP contribution in [0.15, 0.2) is 54.0 Å². The number of hydrogen-bond donors (Lipinski definition) is 1. The number of nitro groups is 1. The van der Waals surface area contributed by atoms with Crippen molar-refractivity contribution in [2.75, 3.05) is 11.9 Å². The maximum absolute atomic E-state index is 13.3. The summed E-state index contributed by atoms with van der Waals surface area (Å²) < 4.78 is 0. The second-order valence-corrected chi connectivity index (χ2v) is 8.58. The summed E-state index contributed by atoms with van der Waals surface area (Å²) in [5.74, 6) is -0.170. The number of hydrogen-bond acceptors (Lipinski definition) is 6. The molecule has 1 aliphatic rings. The van der Waals surface area contributed by atoms with E-state index in [0.29, 0.717) is 17.8 Å². The lowest BCUT2D eigenvalue weighted by molar-refractivity contribution is -0.384. The van der Waals surface area contributed by atoms with Crippen LogP contribution in [0.5, 0.6) is 0 Å². The molecule has 2 unspecified atom stereocenters. The van der Waals surface area contributed by atoms with Gasteiger partial charge in [0.1, 0.15) is 5.69 Å². The monoisotopic (exact) mass is 436 g/mol. The first-order valence-corrected chi connectivity index (χ1v) is 11.2. The van der Waals surface area contributed by atoms with Crippen LogP contribution in [0, 0.1) is 10.1 Å². The molecule has 8 heteroatoms. The highest BCUT2D eigenvalue weighted by Crippen LogP contribution is 2.37. The molecule has 1 aliphatic heterocycles. The van der Waals surface area contributed by atoms with Gasteiger partial charge in [0.25, 0.3) is 11.6 Å². The first kappa shape index (κ1) is 21.0. The van der Waals surface area contributed by atoms with Gasteiger partial charge in [0.2, 0.25) is 0 Å². The average Bonchev–Trinajstić information content (AvgIpc) is 3.27. The standard InChI is InChI=1S/C23H24N4O3S/c1-3-20-17-10-13-31-22(17)9-12-26(20)23(28)16-7-8-19(21(14-16)27(29)30)25-15(2)18-6-4-5-11-24-18/h4-8,10-11,13-15,20,25H,3,9,12H2,1-2H3. The summed E-state index contributed by atoms with van der Waals surface area (Å²) >= 11 is 1.73. The van der Waals surface area contributed by atoms with Crippen LogP contribution in [-0.2, 0) is 6.42 Å². The number of rotatable bonds is 6. The fourth-order valence-corrected chi connectivity index (χ4v) is 5.05. The minimum Gasteiger partial charge on any atom is -0.371 e. The van der Waals surface area contributed by atoms with Crippen molar-refractivity contribution in [2.24, 2.45) is 0 Å². The summed E-state index contributed by atoms with van der Waals surface area (Å²) in [7, 11) is 0. The van der Waals surface area contributed by atoms with Crippen molar-refractivity contribution in [3.8, 4) is 0 Å². The zero-order valence-corrected chi connectivity index (χ0v) is 18.3. The van der Waals surface area contributed by atoms with E-state index in [2.05, 4.69) is 28.7 Å². The van der Waals surface area contributed by atoms with Gasteiger partial charge in [-0.2, -0.15) is 0 Å². The molecule has 160 valence electrons. The molecular formula is C23H24N4O3S. The first-order valence-electron chi connectivity index (χ1n) is 10.3. The first-order chi connectivity index (χ1) is 15.0. The van der Waals surface area contributed by atoms with Crippen LogP contribution in [-0.4, -0.2) is 27.3 Å². The van der Waals surface area contributed by atoms with Gasteiger partial charge in [-0.05, 0) is 61.0 Å². The number of carbonyl (C=O) groups excluding carboxylic acids is 1. The highest BCUT2D eigenvalue weighted by molar-refractivity contribution is 7.10. The lowest BCUT2D eigenvalue weighted by Gasteiger charge is -2.35. The number of pyridine rings is 1. The van der Waals surface area contributed by atoms with E-state index in [9.17, 15) is 14.9 Å². The smallest absolute Gasteiger partial charge is 0.293 e. The predicted molar refractivity (Wildman–Crippen MR) is 121 cm³/mol. The summed E-state index contributed by atoms with van der Waals surface area (Å²) in [6.07, 6.45) is 3.31. The number of thiophene rings is 1. The Morgan fingerprint density at radius 2 is 2.19 bits per heavy atom. The number of aromatic nitrogens is 1. The van der Waals surface area contributed by atoms with Gasteiger partial charge in [-0.3, -0.25) is 19.9 Å². The largest absolute Gasteiger partial charge is 0.371 e. The second kappa shape index (κ2) is 8.85. The maximum Gasteiger partial charge on any atom is 0.293 e. The van der Waals surface area contributed by atoms with Crippen molar-refractivity contribution in [1.82, 2.24) is 9.88 Å². The van der Waals surface area contributed by atoms with Gasteiger partial charge in [-0.15, -0.1) is 11.3 Å². The molecule has 0 spiro atoms. The van der Waals surface area contributed by atoms with E-state index in [4.69, 9.17) is 0 Å². The Morgan fingerprint density at radius 1 is 1.35 bits per heavy atom. The van der Waals surface area contributed by atoms with E-state index in [1.165, 1.54) is 16.5 Å². The normalized spacial score (nSPS) is 16.5. The summed E-state index contributed by atoms with van der Waals surface area (Å²) in [5.41, 5.74) is 2.56. The van der Waals surface area contributed by atoms with Crippen LogP contribution < -0.4 is 5.32 Å². The predicted octanol–water partition coefficient (Wildman–Crippen LogP) is 5.37. The number of anilines is 1. The molecule has 4 rings (SSSR count). The summed E-state index contributed by atoms with van der Waals surface area (Å²) in [5, 5.41) is 17.0. The van der Waals surface area contributed by atoms with E-state index < -0.39 is 4.92 Å². The Hall–Kier alpha value is -3.26. The SMILES string of the molecule is CCC1c2ccsc2CCN1C(=O)c1ccc(NC(C)c2ccccn2)c([N+](=O)[O-])c1. The van der Waals surface area contributed by atoms with Gasteiger partial charge in [-0.1, -0.05) is 13.0 Å². The molecule has 0 radical (unpaired) electrons. The van der Waals surface area contributed by atoms with E-state index in [1.54, 1.807) is 29.7 Å². The Morgan fingerprint density at radius 3 is 2.90 bits per heavy atom. The van der Waals surface area contributed by atoms with E-state index >= 15 is 0 Å². The molecule has 1 aromatic carbocycles. The fraction of sp³-hybridized carbons (Fsp3) is 0.304. The van der Waals surface area contributed by atoms with Crippen LogP contribution in [0.3, 0.4) is 0 Å². The highest BCUT2D eigenvalue weighted by Gasteiger charge is 2.32. The minimum absolute atomic E-state index is 0.00327. The molecule has 31 heavy (non-hydrogen) atoms. The number of carbonyl (C=O) groups is 1. The average molecular weight is 437 g/mol. The van der Waals surface area contributed by atoms with Crippen molar-refractivity contribution >= 4 is 28.6 Å². The van der Waals surface area contributed by atoms with Gasteiger partial charge < -0.3 is 10.2 Å². The highest BCUT2D eigenvalue weighted by atomic mass is 32.1. The van der Waals surface area contributed by atoms with Crippen LogP contribution in [0.2, 0.25) is 0 Å². The van der Waals surface area contributed by atoms with Gasteiger partial charge in [0.15, 0.2) is 0 Å². The van der Waals surface area contributed by atoms with Crippen molar-refractivity contribution < 1.29 is 9.72 Å². The second-order valence-electron chi connectivity index (χ2n) is 7.58. The van der Waals surface area contributed by atoms with E-state index in [1.807, 2.05) is 30.0 Å². The molecule has 0 saturated carbocycles. The molecule has 0 fully saturated rings. The summed E-state index contributed by atoms with van der Waals surface area (Å²) in [6, 6.07) is 12.1. The molecule has 1 N–H and O–H groups in total. The number of nitro benzene ring substituents is 1. The number of amides is 1. The Labute approximate surface area is 184 Å². The number of nitrogens with zero attached hydrogens (tertiary/aromatic N) is 3. The van der Waals surface area contributed by atoms with E-state index in [-0.39, 0.29) is 23.7 Å². The van der Waals surface area contributed by atoms with Crippen molar-refractivity contribution in [2.45, 2.75) is 38.8 Å². The molecule has 2 aromatic heterocycles. The fourth-order valence-electron chi connectivity index (χ4n) is 4.12. The third kappa shape index (κ3) is 4.16. The molecule has 0 bridgehead atoms. The zero-order valence-electron chi connectivity index (χ0n) is 17.4. The van der Waals surface area contributed by atoms with Crippen LogP contribution >= 0.6 is 11.3 Å². The third-order valence-electron chi connectivity index (χ3n) is 5.69. The van der Waals surface area contributed by atoms with Crippen molar-refractivity contribution in [3.63, 3.8) is 0 Å². The third-order valence-corrected chi connectivity index (χ3v) is 6.68. The molecule has 3 aromatic rings. The van der Waals surface area contributed by atoms with Gasteiger partial charge in [-0.25, -0.2) is 0 Å². The molecule has 3 heterocycles. The number of nitrogens with one attached hydrogen (secondary N) is 1. The Kier molecular flexibility index (Phi) is 5.99. The minimum atomic E-state index is -0.450. The van der Waals surface area contributed by atoms with Gasteiger partial charge >= 0.3 is 0 Å². The van der Waals surface area contributed by atoms with Crippen LogP contribution in [0.25, 0.3) is 0 Å². The Balaban J connectivity index is 1.60. The number of fused-ring (bicyclic) bond motifs is 1. The van der Waals surface area contributed by atoms with Gasteiger partial charge in [0, 0.05) is 29.2 Å². The molecule has 7 nitrogen and oxygen atoms in total. The Bertz CT molecular complexity index is 1100. The lowest BCUT2D eigenvalue weighted by atomic mass is 9.96. The van der Waals surface area contributed by atoms with Crippen molar-refractivity contribution in [3.05, 3.63) is 85.9 Å². The lowest BCUT2D eigenvalue weighted by Crippen LogP contribution is -2.39. The summed E-state index contributed by atoms with van der Waals surface area (Å²) in [6.45, 7) is 4.57. The molecule has 1 amide bonds. The number of benzene rings is 1. The molecular weight excluding hydrogens is 412 g/mol. The topological polar surface area (TPSA) is 88.4 Å². The van der Waals surface area contributed by atoms with Gasteiger partial charge in [0.05, 0.1) is 22.7 Å². The zero-order chi connectivity index (χ0) is 22.0. The van der Waals surface area contributed by atoms with E-state index in [0.717, 1.165) is 18.5 Å². The molecule has 0 saturated heterocycles. The molecule has 0 aliphatic carbocycles. The van der Waals surface area contributed by atoms with Crippen LogP contribution in [0.4, 0.5) is 11.4 Å². The molecule has 2 atom stereocenters. The maximum atomic E-state index is 13.3. The summed E-state index contributed by atoms with van der Waals surface area (Å²) in [4.78, 5) is 32.1. The van der Waals surface area contributed by atoms with Crippen molar-refractivity contribution in [1.29, 1.82) is 0 Å². The van der Waals surface area contributed by atoms with Crippen LogP contribution in [0.1, 0.15) is 58.8 Å².